The zero-order valence-corrected chi connectivity index (χ0v) is 13.6. The van der Waals surface area contributed by atoms with E-state index in [0.717, 1.165) is 0 Å². The summed E-state index contributed by atoms with van der Waals surface area (Å²) in [4.78, 5) is 3.08. The summed E-state index contributed by atoms with van der Waals surface area (Å²) in [6.07, 6.45) is 0.368. The Morgan fingerprint density at radius 2 is 1.57 bits per heavy atom. The Bertz CT molecular complexity index is 252. The summed E-state index contributed by atoms with van der Waals surface area (Å²) < 4.78 is 9.78. The molecule has 0 radical (unpaired) electrons. The third kappa shape index (κ3) is 7.27. The molecule has 82 valence electrons. The molecule has 0 rings (SSSR count). The van der Waals surface area contributed by atoms with Crippen molar-refractivity contribution in [2.45, 2.75) is 46.8 Å². The van der Waals surface area contributed by atoms with E-state index in [4.69, 9.17) is 9.05 Å². The summed E-state index contributed by atoms with van der Waals surface area (Å²) >= 11 is 3.17. The maximum atomic E-state index is 5.81. The van der Waals surface area contributed by atoms with Crippen molar-refractivity contribution in [1.29, 1.82) is 0 Å². The Morgan fingerprint density at radius 3 is 1.86 bits per heavy atom. The summed E-state index contributed by atoms with van der Waals surface area (Å²) in [6.45, 7) is 9.92. The molecule has 0 spiro atoms. The van der Waals surface area contributed by atoms with Crippen molar-refractivity contribution < 1.29 is 9.05 Å². The molecular formula is C9H17O2PSe2. The molecule has 0 aliphatic carbocycles. The van der Waals surface area contributed by atoms with Crippen molar-refractivity contribution in [3.05, 3.63) is 0 Å². The topological polar surface area (TPSA) is 18.5 Å². The van der Waals surface area contributed by atoms with Crippen LogP contribution in [-0.4, -0.2) is 41.8 Å². The number of hydrogen-bond donors (Lipinski definition) is 0. The van der Waals surface area contributed by atoms with Gasteiger partial charge in [-0.2, -0.15) is 0 Å². The van der Waals surface area contributed by atoms with Gasteiger partial charge in [-0.3, -0.25) is 0 Å². The Balaban J connectivity index is 4.46. The summed E-state index contributed by atoms with van der Waals surface area (Å²) in [7, 11) is 0. The van der Waals surface area contributed by atoms with Gasteiger partial charge in [0.25, 0.3) is 0 Å². The van der Waals surface area contributed by atoms with Crippen molar-refractivity contribution in [3.8, 4) is 10.7 Å². The number of rotatable bonds is 5. The molecule has 0 heterocycles. The second kappa shape index (κ2) is 7.26. The molecule has 0 amide bonds. The van der Waals surface area contributed by atoms with Gasteiger partial charge in [-0.1, -0.05) is 0 Å². The van der Waals surface area contributed by atoms with Gasteiger partial charge in [-0.25, -0.2) is 0 Å². The molecule has 0 aromatic heterocycles. The zero-order valence-electron chi connectivity index (χ0n) is 9.23. The van der Waals surface area contributed by atoms with E-state index in [1.165, 1.54) is 0 Å². The van der Waals surface area contributed by atoms with Crippen LogP contribution in [0.15, 0.2) is 0 Å². The predicted molar refractivity (Wildman–Crippen MR) is 64.3 cm³/mol. The van der Waals surface area contributed by atoms with Crippen LogP contribution in [0.4, 0.5) is 0 Å². The summed E-state index contributed by atoms with van der Waals surface area (Å²) in [5, 5.41) is 0. The molecule has 0 aliphatic heterocycles. The average Bonchev–Trinajstić information content (AvgIpc) is 1.97. The quantitative estimate of drug-likeness (QED) is 0.432. The van der Waals surface area contributed by atoms with Crippen molar-refractivity contribution in [2.24, 2.45) is 0 Å². The first-order chi connectivity index (χ1) is 6.39. The van der Waals surface area contributed by atoms with Gasteiger partial charge in [0.2, 0.25) is 0 Å². The molecule has 5 heteroatoms. The molecule has 2 nitrogen and oxygen atoms in total. The van der Waals surface area contributed by atoms with Crippen LogP contribution in [0.25, 0.3) is 0 Å². The zero-order chi connectivity index (χ0) is 11.2. The first kappa shape index (κ1) is 14.9. The molecule has 0 unspecified atom stereocenters. The van der Waals surface area contributed by atoms with E-state index < -0.39 is 4.65 Å². The van der Waals surface area contributed by atoms with Gasteiger partial charge in [0, 0.05) is 0 Å². The van der Waals surface area contributed by atoms with Crippen LogP contribution in [-0.2, 0) is 9.05 Å². The molecule has 0 aromatic carbocycles. The van der Waals surface area contributed by atoms with Crippen molar-refractivity contribution in [3.63, 3.8) is 0 Å². The van der Waals surface area contributed by atoms with Crippen molar-refractivity contribution in [2.75, 3.05) is 0 Å². The van der Waals surface area contributed by atoms with Crippen LogP contribution in [0, 0.1) is 10.7 Å². The molecule has 14 heavy (non-hydrogen) atoms. The normalized spacial score (nSPS) is 11.6. The molecule has 0 atom stereocenters. The van der Waals surface area contributed by atoms with Gasteiger partial charge >= 0.3 is 101 Å². The molecule has 0 saturated carbocycles. The number of hydrogen-bond acceptors (Lipinski definition) is 2. The molecule has 0 fully saturated rings. The molecule has 0 N–H and O–H groups in total. The minimum atomic E-state index is -1.83. The van der Waals surface area contributed by atoms with Crippen LogP contribution < -0.4 is 0 Å². The Kier molecular flexibility index (Phi) is 7.75. The average molecular weight is 346 g/mol. The summed E-state index contributed by atoms with van der Waals surface area (Å²) in [5.41, 5.74) is 0. The van der Waals surface area contributed by atoms with Crippen molar-refractivity contribution in [1.82, 2.24) is 0 Å². The monoisotopic (exact) mass is 348 g/mol. The van der Waals surface area contributed by atoms with Crippen LogP contribution >= 0.6 is 4.65 Å². The van der Waals surface area contributed by atoms with Gasteiger partial charge in [0.05, 0.1) is 0 Å². The van der Waals surface area contributed by atoms with E-state index in [0.29, 0.717) is 0 Å². The van der Waals surface area contributed by atoms with Crippen LogP contribution in [0.5, 0.6) is 0 Å². The third-order valence-corrected chi connectivity index (χ3v) is 9.63. The molecular weight excluding hydrogens is 329 g/mol. The first-order valence-electron chi connectivity index (χ1n) is 4.47. The van der Waals surface area contributed by atoms with Crippen LogP contribution in [0.1, 0.15) is 34.6 Å². The van der Waals surface area contributed by atoms with Gasteiger partial charge in [0.15, 0.2) is 0 Å². The summed E-state index contributed by atoms with van der Waals surface area (Å²) in [6, 6.07) is 0. The fourth-order valence-corrected chi connectivity index (χ4v) is 9.43. The summed E-state index contributed by atoms with van der Waals surface area (Å²) in [5.74, 6) is 2.90. The van der Waals surface area contributed by atoms with E-state index in [-0.39, 0.29) is 26.7 Å². The van der Waals surface area contributed by atoms with E-state index in [9.17, 15) is 0 Å². The molecule has 0 saturated heterocycles. The van der Waals surface area contributed by atoms with Gasteiger partial charge < -0.3 is 0 Å². The van der Waals surface area contributed by atoms with Gasteiger partial charge in [0.1, 0.15) is 0 Å². The van der Waals surface area contributed by atoms with Crippen LogP contribution in [0.2, 0.25) is 0 Å². The Hall–Kier alpha value is 0.949. The van der Waals surface area contributed by atoms with E-state index in [2.05, 4.69) is 25.8 Å². The first-order valence-corrected chi connectivity index (χ1v) is 11.4. The SMILES string of the molecule is CC#C[Se]P(=[Se])(OC(C)C)OC(C)C. The molecule has 0 aliphatic rings. The second-order valence-electron chi connectivity index (χ2n) is 3.20. The predicted octanol–water partition coefficient (Wildman–Crippen LogP) is 2.37. The van der Waals surface area contributed by atoms with E-state index in [1.807, 2.05) is 34.6 Å². The fourth-order valence-electron chi connectivity index (χ4n) is 0.686. The van der Waals surface area contributed by atoms with Gasteiger partial charge in [-0.15, -0.1) is 0 Å². The molecule has 0 bridgehead atoms. The van der Waals surface area contributed by atoms with Crippen molar-refractivity contribution >= 4 is 34.3 Å². The fraction of sp³-hybridized carbons (Fsp3) is 0.778. The molecule has 0 aromatic rings. The van der Waals surface area contributed by atoms with Gasteiger partial charge in [-0.05, 0) is 0 Å². The second-order valence-corrected chi connectivity index (χ2v) is 15.8. The Labute approximate surface area is 101 Å². The standard InChI is InChI=1S/C9H17O2PSe2/c1-6-7-14-12(13,10-8(2)3)11-9(4)5/h8-9H,1-5H3. The van der Waals surface area contributed by atoms with Crippen LogP contribution in [0.3, 0.4) is 0 Å². The maximum absolute atomic E-state index is 5.81. The Morgan fingerprint density at radius 1 is 1.14 bits per heavy atom. The van der Waals surface area contributed by atoms with E-state index >= 15 is 0 Å². The third-order valence-electron chi connectivity index (χ3n) is 0.939. The minimum absolute atomic E-state index is 0.0935. The van der Waals surface area contributed by atoms with E-state index in [1.54, 1.807) is 0 Å².